The Morgan fingerprint density at radius 1 is 1.25 bits per heavy atom. The van der Waals surface area contributed by atoms with Crippen molar-refractivity contribution >= 4 is 40.2 Å². The van der Waals surface area contributed by atoms with E-state index in [-0.39, 0.29) is 11.0 Å². The average molecular weight is 303 g/mol. The van der Waals surface area contributed by atoms with Crippen LogP contribution in [0, 0.1) is 0 Å². The first-order chi connectivity index (χ1) is 9.65. The Morgan fingerprint density at radius 3 is 2.90 bits per heavy atom. The molecule has 0 saturated carbocycles. The van der Waals surface area contributed by atoms with Crippen LogP contribution in [-0.4, -0.2) is 32.3 Å². The Labute approximate surface area is 127 Å². The van der Waals surface area contributed by atoms with Gasteiger partial charge in [0.2, 0.25) is 0 Å². The summed E-state index contributed by atoms with van der Waals surface area (Å²) in [6.45, 7) is 4.45. The standard InChI is InChI=1S/C16H17NOS2/c1-10-11(2)20-15(9-19-10)16(18)13-6-5-12-4-3-7-17-14(12)8-13/h3-8,10-11,15H,9H2,1-2H3. The van der Waals surface area contributed by atoms with E-state index in [9.17, 15) is 4.79 Å². The number of nitrogens with zero attached hydrogens (tertiary/aromatic N) is 1. The van der Waals surface area contributed by atoms with Crippen molar-refractivity contribution in [3.8, 4) is 0 Å². The second-order valence-corrected chi connectivity index (χ2v) is 8.14. The van der Waals surface area contributed by atoms with E-state index in [1.54, 1.807) is 6.20 Å². The van der Waals surface area contributed by atoms with Crippen LogP contribution in [0.15, 0.2) is 36.5 Å². The molecule has 4 heteroatoms. The van der Waals surface area contributed by atoms with Crippen LogP contribution < -0.4 is 0 Å². The number of aromatic nitrogens is 1. The second kappa shape index (κ2) is 5.78. The van der Waals surface area contributed by atoms with Crippen LogP contribution in [0.1, 0.15) is 24.2 Å². The van der Waals surface area contributed by atoms with Crippen LogP contribution >= 0.6 is 23.5 Å². The van der Waals surface area contributed by atoms with Gasteiger partial charge in [-0.1, -0.05) is 32.0 Å². The highest BCUT2D eigenvalue weighted by molar-refractivity contribution is 8.08. The molecule has 2 heterocycles. The second-order valence-electron chi connectivity index (χ2n) is 5.14. The van der Waals surface area contributed by atoms with Gasteiger partial charge in [0, 0.05) is 33.4 Å². The van der Waals surface area contributed by atoms with E-state index >= 15 is 0 Å². The SMILES string of the molecule is CC1SCC(C(=O)c2ccc3cccnc3c2)SC1C. The summed E-state index contributed by atoms with van der Waals surface area (Å²) in [4.78, 5) is 17.0. The fourth-order valence-electron chi connectivity index (χ4n) is 2.33. The van der Waals surface area contributed by atoms with Crippen molar-refractivity contribution in [3.63, 3.8) is 0 Å². The number of thioether (sulfide) groups is 2. The highest BCUT2D eigenvalue weighted by Gasteiger charge is 2.30. The molecule has 1 aliphatic heterocycles. The summed E-state index contributed by atoms with van der Waals surface area (Å²) in [5.41, 5.74) is 1.68. The lowest BCUT2D eigenvalue weighted by atomic mass is 10.1. The van der Waals surface area contributed by atoms with E-state index in [0.717, 1.165) is 22.2 Å². The van der Waals surface area contributed by atoms with Crippen LogP contribution in [-0.2, 0) is 0 Å². The van der Waals surface area contributed by atoms with Gasteiger partial charge >= 0.3 is 0 Å². The van der Waals surface area contributed by atoms with E-state index in [4.69, 9.17) is 0 Å². The maximum absolute atomic E-state index is 12.6. The van der Waals surface area contributed by atoms with E-state index in [1.807, 2.05) is 53.9 Å². The van der Waals surface area contributed by atoms with Crippen molar-refractivity contribution in [1.29, 1.82) is 0 Å². The van der Waals surface area contributed by atoms with Crippen molar-refractivity contribution < 1.29 is 4.79 Å². The summed E-state index contributed by atoms with van der Waals surface area (Å²) in [7, 11) is 0. The van der Waals surface area contributed by atoms with Gasteiger partial charge in [0.15, 0.2) is 5.78 Å². The van der Waals surface area contributed by atoms with Crippen molar-refractivity contribution in [2.24, 2.45) is 0 Å². The first kappa shape index (κ1) is 14.0. The van der Waals surface area contributed by atoms with Crippen LogP contribution in [0.25, 0.3) is 10.9 Å². The number of pyridine rings is 1. The molecule has 1 aromatic carbocycles. The van der Waals surface area contributed by atoms with Gasteiger partial charge in [0.05, 0.1) is 10.8 Å². The molecule has 3 rings (SSSR count). The van der Waals surface area contributed by atoms with Crippen molar-refractivity contribution in [3.05, 3.63) is 42.1 Å². The Hall–Kier alpha value is -1.00. The summed E-state index contributed by atoms with van der Waals surface area (Å²) >= 11 is 3.72. The molecule has 1 aromatic heterocycles. The predicted molar refractivity (Wildman–Crippen MR) is 88.8 cm³/mol. The quantitative estimate of drug-likeness (QED) is 0.783. The van der Waals surface area contributed by atoms with E-state index in [1.165, 1.54) is 0 Å². The molecule has 0 N–H and O–H groups in total. The van der Waals surface area contributed by atoms with Gasteiger partial charge in [0.1, 0.15) is 0 Å². The number of fused-ring (bicyclic) bond motifs is 1. The minimum atomic E-state index is 0.0763. The highest BCUT2D eigenvalue weighted by atomic mass is 32.2. The number of carbonyl (C=O) groups is 1. The molecule has 2 aromatic rings. The summed E-state index contributed by atoms with van der Waals surface area (Å²) in [6.07, 6.45) is 1.77. The number of benzene rings is 1. The van der Waals surface area contributed by atoms with Crippen LogP contribution in [0.3, 0.4) is 0 Å². The van der Waals surface area contributed by atoms with Crippen LogP contribution in [0.2, 0.25) is 0 Å². The zero-order chi connectivity index (χ0) is 14.1. The molecule has 104 valence electrons. The maximum atomic E-state index is 12.6. The van der Waals surface area contributed by atoms with Gasteiger partial charge in [-0.2, -0.15) is 11.8 Å². The predicted octanol–water partition coefficient (Wildman–Crippen LogP) is 4.04. The minimum Gasteiger partial charge on any atom is -0.293 e. The molecule has 0 bridgehead atoms. The molecule has 1 saturated heterocycles. The first-order valence-corrected chi connectivity index (χ1v) is 8.80. The van der Waals surface area contributed by atoms with Crippen LogP contribution in [0.4, 0.5) is 0 Å². The first-order valence-electron chi connectivity index (χ1n) is 6.81. The Balaban J connectivity index is 1.85. The Morgan fingerprint density at radius 2 is 2.10 bits per heavy atom. The van der Waals surface area contributed by atoms with Gasteiger partial charge in [-0.05, 0) is 12.1 Å². The van der Waals surface area contributed by atoms with Gasteiger partial charge in [-0.25, -0.2) is 0 Å². The Kier molecular flexibility index (Phi) is 4.03. The van der Waals surface area contributed by atoms with Gasteiger partial charge < -0.3 is 0 Å². The highest BCUT2D eigenvalue weighted by Crippen LogP contribution is 2.37. The lowest BCUT2D eigenvalue weighted by molar-refractivity contribution is 0.0995. The van der Waals surface area contributed by atoms with Crippen molar-refractivity contribution in [2.45, 2.75) is 29.6 Å². The molecular weight excluding hydrogens is 286 g/mol. The third-order valence-corrected chi connectivity index (χ3v) is 7.12. The summed E-state index contributed by atoms with van der Waals surface area (Å²) in [5.74, 6) is 1.16. The fraction of sp³-hybridized carbons (Fsp3) is 0.375. The monoisotopic (exact) mass is 303 g/mol. The fourth-order valence-corrected chi connectivity index (χ4v) is 5.20. The van der Waals surface area contributed by atoms with Gasteiger partial charge in [-0.3, -0.25) is 9.78 Å². The minimum absolute atomic E-state index is 0.0763. The number of Topliss-reactive ketones (excluding diaryl/α,β-unsaturated/α-hetero) is 1. The molecule has 3 unspecified atom stereocenters. The maximum Gasteiger partial charge on any atom is 0.176 e. The molecule has 0 aliphatic carbocycles. The molecule has 1 aliphatic rings. The number of hydrogen-bond donors (Lipinski definition) is 0. The molecule has 1 fully saturated rings. The molecule has 20 heavy (non-hydrogen) atoms. The third-order valence-electron chi connectivity index (χ3n) is 3.73. The topological polar surface area (TPSA) is 30.0 Å². The molecule has 3 atom stereocenters. The molecule has 2 nitrogen and oxygen atoms in total. The summed E-state index contributed by atoms with van der Waals surface area (Å²) < 4.78 is 0. The molecule has 0 radical (unpaired) electrons. The molecule has 0 amide bonds. The van der Waals surface area contributed by atoms with Crippen LogP contribution in [0.5, 0.6) is 0 Å². The van der Waals surface area contributed by atoms with Crippen molar-refractivity contribution in [1.82, 2.24) is 4.98 Å². The number of rotatable bonds is 2. The molecular formula is C16H17NOS2. The number of carbonyl (C=O) groups excluding carboxylic acids is 1. The van der Waals surface area contributed by atoms with Gasteiger partial charge in [0.25, 0.3) is 0 Å². The lowest BCUT2D eigenvalue weighted by Gasteiger charge is -2.30. The third kappa shape index (κ3) is 2.72. The lowest BCUT2D eigenvalue weighted by Crippen LogP contribution is -2.31. The van der Waals surface area contributed by atoms with Crippen molar-refractivity contribution in [2.75, 3.05) is 5.75 Å². The summed E-state index contributed by atoms with van der Waals surface area (Å²) in [5, 5.41) is 2.31. The zero-order valence-electron chi connectivity index (χ0n) is 11.6. The summed E-state index contributed by atoms with van der Waals surface area (Å²) in [6, 6.07) is 9.78. The van der Waals surface area contributed by atoms with Gasteiger partial charge in [-0.15, -0.1) is 11.8 Å². The average Bonchev–Trinajstić information content (AvgIpc) is 2.49. The largest absolute Gasteiger partial charge is 0.293 e. The number of hydrogen-bond acceptors (Lipinski definition) is 4. The van der Waals surface area contributed by atoms with E-state index < -0.39 is 0 Å². The smallest absolute Gasteiger partial charge is 0.176 e. The van der Waals surface area contributed by atoms with E-state index in [2.05, 4.69) is 18.8 Å². The number of ketones is 1. The molecule has 0 spiro atoms. The zero-order valence-corrected chi connectivity index (χ0v) is 13.2. The van der Waals surface area contributed by atoms with E-state index in [0.29, 0.717) is 10.5 Å². The normalized spacial score (nSPS) is 26.6. The Bertz CT molecular complexity index is 643.